The van der Waals surface area contributed by atoms with E-state index in [4.69, 9.17) is 5.11 Å². The number of rotatable bonds is 6. The number of aliphatic hydroxyl groups excluding tert-OH is 1. The summed E-state index contributed by atoms with van der Waals surface area (Å²) in [5, 5.41) is 12.2. The van der Waals surface area contributed by atoms with Gasteiger partial charge in [0.05, 0.1) is 5.56 Å². The zero-order chi connectivity index (χ0) is 13.5. The van der Waals surface area contributed by atoms with Crippen LogP contribution in [0.15, 0.2) is 29.2 Å². The lowest BCUT2D eigenvalue weighted by Gasteiger charge is -2.15. The Morgan fingerprint density at radius 3 is 2.61 bits per heavy atom. The molecule has 1 aromatic rings. The Morgan fingerprint density at radius 1 is 1.33 bits per heavy atom. The predicted octanol–water partition coefficient (Wildman–Crippen LogP) is 2.69. The highest BCUT2D eigenvalue weighted by atomic mass is 32.2. The van der Waals surface area contributed by atoms with Crippen molar-refractivity contribution in [1.82, 2.24) is 5.32 Å². The molecule has 0 aliphatic carbocycles. The lowest BCUT2D eigenvalue weighted by Crippen LogP contribution is -2.33. The van der Waals surface area contributed by atoms with E-state index in [1.807, 2.05) is 31.2 Å². The first-order chi connectivity index (χ1) is 8.54. The smallest absolute Gasteiger partial charge is 0.252 e. The zero-order valence-electron chi connectivity index (χ0n) is 11.1. The van der Waals surface area contributed by atoms with Gasteiger partial charge in [-0.05, 0) is 25.5 Å². The SMILES string of the molecule is CC(CCO)NC(=O)c1ccccc1SC(C)C. The van der Waals surface area contributed by atoms with Crippen LogP contribution in [-0.2, 0) is 0 Å². The molecule has 100 valence electrons. The van der Waals surface area contributed by atoms with Gasteiger partial charge in [-0.3, -0.25) is 4.79 Å². The third kappa shape index (κ3) is 4.70. The summed E-state index contributed by atoms with van der Waals surface area (Å²) in [7, 11) is 0. The van der Waals surface area contributed by atoms with Crippen LogP contribution in [0.5, 0.6) is 0 Å². The number of thioether (sulfide) groups is 1. The average Bonchev–Trinajstić information content (AvgIpc) is 2.28. The quantitative estimate of drug-likeness (QED) is 0.779. The highest BCUT2D eigenvalue weighted by molar-refractivity contribution is 8.00. The van der Waals surface area contributed by atoms with Gasteiger partial charge in [-0.15, -0.1) is 11.8 Å². The fraction of sp³-hybridized carbons (Fsp3) is 0.500. The van der Waals surface area contributed by atoms with E-state index in [-0.39, 0.29) is 18.6 Å². The van der Waals surface area contributed by atoms with E-state index in [0.717, 1.165) is 4.90 Å². The van der Waals surface area contributed by atoms with Gasteiger partial charge in [0, 0.05) is 22.8 Å². The minimum absolute atomic E-state index is 0.0143. The van der Waals surface area contributed by atoms with Crippen molar-refractivity contribution in [3.8, 4) is 0 Å². The largest absolute Gasteiger partial charge is 0.396 e. The summed E-state index contributed by atoms with van der Waals surface area (Å²) in [6.07, 6.45) is 0.575. The molecule has 18 heavy (non-hydrogen) atoms. The number of carbonyl (C=O) groups excluding carboxylic acids is 1. The van der Waals surface area contributed by atoms with Crippen LogP contribution in [0.2, 0.25) is 0 Å². The summed E-state index contributed by atoms with van der Waals surface area (Å²) in [6, 6.07) is 7.61. The maximum atomic E-state index is 12.1. The lowest BCUT2D eigenvalue weighted by molar-refractivity contribution is 0.0931. The molecule has 1 unspecified atom stereocenters. The highest BCUT2D eigenvalue weighted by Gasteiger charge is 2.14. The average molecular weight is 267 g/mol. The fourth-order valence-corrected chi connectivity index (χ4v) is 2.53. The van der Waals surface area contributed by atoms with Gasteiger partial charge < -0.3 is 10.4 Å². The van der Waals surface area contributed by atoms with Crippen LogP contribution >= 0.6 is 11.8 Å². The van der Waals surface area contributed by atoms with Crippen molar-refractivity contribution in [2.45, 2.75) is 43.4 Å². The lowest BCUT2D eigenvalue weighted by atomic mass is 10.2. The number of nitrogens with one attached hydrogen (secondary N) is 1. The van der Waals surface area contributed by atoms with Gasteiger partial charge >= 0.3 is 0 Å². The number of benzene rings is 1. The van der Waals surface area contributed by atoms with Crippen LogP contribution in [0.3, 0.4) is 0 Å². The van der Waals surface area contributed by atoms with E-state index in [1.54, 1.807) is 11.8 Å². The predicted molar refractivity (Wildman–Crippen MR) is 76.1 cm³/mol. The van der Waals surface area contributed by atoms with Crippen LogP contribution < -0.4 is 5.32 Å². The van der Waals surface area contributed by atoms with Gasteiger partial charge in [-0.25, -0.2) is 0 Å². The van der Waals surface area contributed by atoms with E-state index in [2.05, 4.69) is 19.2 Å². The van der Waals surface area contributed by atoms with E-state index < -0.39 is 0 Å². The van der Waals surface area contributed by atoms with Crippen molar-refractivity contribution >= 4 is 17.7 Å². The van der Waals surface area contributed by atoms with Gasteiger partial charge in [0.15, 0.2) is 0 Å². The molecule has 0 spiro atoms. The Bertz CT molecular complexity index is 393. The molecule has 0 saturated carbocycles. The summed E-state index contributed by atoms with van der Waals surface area (Å²) >= 11 is 1.68. The van der Waals surface area contributed by atoms with Gasteiger partial charge in [0.2, 0.25) is 0 Å². The van der Waals surface area contributed by atoms with E-state index in [0.29, 0.717) is 17.2 Å². The standard InChI is InChI=1S/C14H21NO2S/c1-10(2)18-13-7-5-4-6-12(13)14(17)15-11(3)8-9-16/h4-7,10-11,16H,8-9H2,1-3H3,(H,15,17). The Balaban J connectivity index is 2.78. The van der Waals surface area contributed by atoms with Crippen molar-refractivity contribution in [3.05, 3.63) is 29.8 Å². The van der Waals surface area contributed by atoms with Crippen molar-refractivity contribution in [2.75, 3.05) is 6.61 Å². The summed E-state index contributed by atoms with van der Waals surface area (Å²) in [4.78, 5) is 13.1. The number of hydrogen-bond donors (Lipinski definition) is 2. The Kier molecular flexibility index (Phi) is 6.22. The molecule has 3 nitrogen and oxygen atoms in total. The van der Waals surface area contributed by atoms with E-state index in [1.165, 1.54) is 0 Å². The van der Waals surface area contributed by atoms with Crippen molar-refractivity contribution < 1.29 is 9.90 Å². The Labute approximate surface area is 113 Å². The van der Waals surface area contributed by atoms with E-state index in [9.17, 15) is 4.79 Å². The second kappa shape index (κ2) is 7.44. The molecule has 2 N–H and O–H groups in total. The van der Waals surface area contributed by atoms with Gasteiger partial charge in [0.1, 0.15) is 0 Å². The second-order valence-electron chi connectivity index (χ2n) is 4.55. The summed E-state index contributed by atoms with van der Waals surface area (Å²) in [5.41, 5.74) is 0.709. The first-order valence-electron chi connectivity index (χ1n) is 6.22. The Morgan fingerprint density at radius 2 is 2.00 bits per heavy atom. The molecule has 0 aliphatic rings. The fourth-order valence-electron chi connectivity index (χ4n) is 1.58. The summed E-state index contributed by atoms with van der Waals surface area (Å²) < 4.78 is 0. The van der Waals surface area contributed by atoms with Gasteiger partial charge in [0.25, 0.3) is 5.91 Å². The first-order valence-corrected chi connectivity index (χ1v) is 7.10. The van der Waals surface area contributed by atoms with Crippen LogP contribution in [0, 0.1) is 0 Å². The normalized spacial score (nSPS) is 12.5. The first kappa shape index (κ1) is 15.1. The molecular formula is C14H21NO2S. The molecule has 1 amide bonds. The zero-order valence-corrected chi connectivity index (χ0v) is 12.0. The minimum Gasteiger partial charge on any atom is -0.396 e. The number of hydrogen-bond acceptors (Lipinski definition) is 3. The minimum atomic E-state index is -0.0697. The molecule has 0 aromatic heterocycles. The van der Waals surface area contributed by atoms with Crippen LogP contribution in [0.4, 0.5) is 0 Å². The van der Waals surface area contributed by atoms with E-state index >= 15 is 0 Å². The Hall–Kier alpha value is -1.00. The summed E-state index contributed by atoms with van der Waals surface area (Å²) in [5.74, 6) is -0.0697. The molecular weight excluding hydrogens is 246 g/mol. The maximum absolute atomic E-state index is 12.1. The number of aliphatic hydroxyl groups is 1. The van der Waals surface area contributed by atoms with Crippen LogP contribution in [-0.4, -0.2) is 28.9 Å². The molecule has 0 radical (unpaired) electrons. The van der Waals surface area contributed by atoms with Gasteiger partial charge in [-0.1, -0.05) is 26.0 Å². The molecule has 1 aromatic carbocycles. The monoisotopic (exact) mass is 267 g/mol. The van der Waals surface area contributed by atoms with Crippen molar-refractivity contribution in [2.24, 2.45) is 0 Å². The highest BCUT2D eigenvalue weighted by Crippen LogP contribution is 2.26. The van der Waals surface area contributed by atoms with Crippen molar-refractivity contribution in [1.29, 1.82) is 0 Å². The molecule has 0 bridgehead atoms. The third-order valence-electron chi connectivity index (χ3n) is 2.43. The number of carbonyl (C=O) groups is 1. The van der Waals surface area contributed by atoms with Gasteiger partial charge in [-0.2, -0.15) is 0 Å². The molecule has 4 heteroatoms. The third-order valence-corrected chi connectivity index (χ3v) is 3.52. The molecule has 0 aliphatic heterocycles. The molecule has 1 atom stereocenters. The molecule has 0 saturated heterocycles. The topological polar surface area (TPSA) is 49.3 Å². The van der Waals surface area contributed by atoms with Crippen LogP contribution in [0.25, 0.3) is 0 Å². The maximum Gasteiger partial charge on any atom is 0.252 e. The molecule has 0 fully saturated rings. The molecule has 0 heterocycles. The van der Waals surface area contributed by atoms with Crippen molar-refractivity contribution in [3.63, 3.8) is 0 Å². The molecule has 1 rings (SSSR count). The second-order valence-corrected chi connectivity index (χ2v) is 6.17. The number of amides is 1. The van der Waals surface area contributed by atoms with Crippen LogP contribution in [0.1, 0.15) is 37.6 Å². The summed E-state index contributed by atoms with van der Waals surface area (Å²) in [6.45, 7) is 6.19.